The summed E-state index contributed by atoms with van der Waals surface area (Å²) in [6.07, 6.45) is 1.21. The molecule has 0 bridgehead atoms. The first-order chi connectivity index (χ1) is 8.47. The Bertz CT molecular complexity index is 605. The van der Waals surface area contributed by atoms with E-state index in [-0.39, 0.29) is 11.4 Å². The van der Waals surface area contributed by atoms with Crippen LogP contribution in [0.4, 0.5) is 5.82 Å². The molecule has 3 N–H and O–H groups in total. The molecule has 0 unspecified atom stereocenters. The summed E-state index contributed by atoms with van der Waals surface area (Å²) < 4.78 is 0. The van der Waals surface area contributed by atoms with E-state index in [1.807, 2.05) is 26.0 Å². The number of hydrogen-bond donors (Lipinski definition) is 2. The van der Waals surface area contributed by atoms with E-state index < -0.39 is 5.97 Å². The van der Waals surface area contributed by atoms with Gasteiger partial charge in [-0.3, -0.25) is 4.98 Å². The summed E-state index contributed by atoms with van der Waals surface area (Å²) in [6, 6.07) is 3.64. The van der Waals surface area contributed by atoms with Crippen molar-refractivity contribution in [2.45, 2.75) is 13.8 Å². The van der Waals surface area contributed by atoms with Crippen molar-refractivity contribution in [2.75, 3.05) is 5.73 Å². The lowest BCUT2D eigenvalue weighted by Crippen LogP contribution is -2.06. The molecule has 2 heterocycles. The lowest BCUT2D eigenvalue weighted by atomic mass is 10.2. The molecule has 6 nitrogen and oxygen atoms in total. The summed E-state index contributed by atoms with van der Waals surface area (Å²) in [5, 5.41) is 8.85. The number of nitrogen functional groups attached to an aromatic ring is 1. The van der Waals surface area contributed by atoms with Crippen LogP contribution in [-0.4, -0.2) is 26.0 Å². The quantitative estimate of drug-likeness (QED) is 0.828. The Hall–Kier alpha value is -2.50. The summed E-state index contributed by atoms with van der Waals surface area (Å²) in [7, 11) is 0. The van der Waals surface area contributed by atoms with Crippen molar-refractivity contribution in [1.82, 2.24) is 15.0 Å². The Morgan fingerprint density at radius 3 is 2.33 bits per heavy atom. The van der Waals surface area contributed by atoms with Crippen molar-refractivity contribution < 1.29 is 9.90 Å². The molecule has 18 heavy (non-hydrogen) atoms. The maximum absolute atomic E-state index is 10.8. The maximum Gasteiger partial charge on any atom is 0.341 e. The Kier molecular flexibility index (Phi) is 2.93. The number of hydrogen-bond acceptors (Lipinski definition) is 5. The van der Waals surface area contributed by atoms with Crippen molar-refractivity contribution in [3.8, 4) is 11.4 Å². The Morgan fingerprint density at radius 2 is 1.83 bits per heavy atom. The molecule has 0 atom stereocenters. The number of carboxylic acids is 1. The third-order valence-electron chi connectivity index (χ3n) is 2.39. The van der Waals surface area contributed by atoms with E-state index >= 15 is 0 Å². The molecule has 92 valence electrons. The molecule has 0 aliphatic heterocycles. The van der Waals surface area contributed by atoms with E-state index in [1.54, 1.807) is 0 Å². The molecule has 2 aromatic rings. The largest absolute Gasteiger partial charge is 0.477 e. The second-order valence-corrected chi connectivity index (χ2v) is 3.94. The summed E-state index contributed by atoms with van der Waals surface area (Å²) in [5.41, 5.74) is 7.94. The topological polar surface area (TPSA) is 102 Å². The molecule has 0 aromatic carbocycles. The predicted molar refractivity (Wildman–Crippen MR) is 66.1 cm³/mol. The first kappa shape index (κ1) is 12.0. The second-order valence-electron chi connectivity index (χ2n) is 3.94. The first-order valence-corrected chi connectivity index (χ1v) is 5.29. The van der Waals surface area contributed by atoms with Crippen molar-refractivity contribution >= 4 is 11.8 Å². The lowest BCUT2D eigenvalue weighted by molar-refractivity contribution is 0.0697. The summed E-state index contributed by atoms with van der Waals surface area (Å²) in [4.78, 5) is 23.1. The van der Waals surface area contributed by atoms with E-state index in [4.69, 9.17) is 10.8 Å². The highest BCUT2D eigenvalue weighted by Gasteiger charge is 2.12. The van der Waals surface area contributed by atoms with Crippen LogP contribution in [0.2, 0.25) is 0 Å². The molecule has 6 heteroatoms. The SMILES string of the molecule is Cc1cc(-c2ncc(C(=O)O)c(N)n2)cc(C)n1. The average Bonchev–Trinajstić information content (AvgIpc) is 2.26. The highest BCUT2D eigenvalue weighted by Crippen LogP contribution is 2.19. The minimum absolute atomic E-state index is 0.0420. The molecule has 0 amide bonds. The van der Waals surface area contributed by atoms with Gasteiger partial charge in [-0.1, -0.05) is 0 Å². The van der Waals surface area contributed by atoms with E-state index in [2.05, 4.69) is 15.0 Å². The minimum atomic E-state index is -1.14. The fourth-order valence-corrected chi connectivity index (χ4v) is 1.66. The van der Waals surface area contributed by atoms with Crippen molar-refractivity contribution in [1.29, 1.82) is 0 Å². The second kappa shape index (κ2) is 4.40. The normalized spacial score (nSPS) is 10.3. The van der Waals surface area contributed by atoms with Crippen LogP contribution in [0.5, 0.6) is 0 Å². The van der Waals surface area contributed by atoms with Gasteiger partial charge < -0.3 is 10.8 Å². The number of rotatable bonds is 2. The van der Waals surface area contributed by atoms with Crippen LogP contribution in [0.25, 0.3) is 11.4 Å². The summed E-state index contributed by atoms with van der Waals surface area (Å²) >= 11 is 0. The van der Waals surface area contributed by atoms with Crippen LogP contribution in [-0.2, 0) is 0 Å². The van der Waals surface area contributed by atoms with E-state index in [0.29, 0.717) is 5.82 Å². The first-order valence-electron chi connectivity index (χ1n) is 5.29. The number of carboxylic acid groups (broad SMARTS) is 1. The average molecular weight is 244 g/mol. The van der Waals surface area contributed by atoms with Gasteiger partial charge in [-0.15, -0.1) is 0 Å². The highest BCUT2D eigenvalue weighted by atomic mass is 16.4. The molecular weight excluding hydrogens is 232 g/mol. The zero-order valence-corrected chi connectivity index (χ0v) is 10.0. The number of nitrogens with two attached hydrogens (primary N) is 1. The molecule has 2 rings (SSSR count). The third kappa shape index (κ3) is 2.27. The van der Waals surface area contributed by atoms with Crippen molar-refractivity contribution in [2.24, 2.45) is 0 Å². The van der Waals surface area contributed by atoms with Crippen LogP contribution < -0.4 is 5.73 Å². The van der Waals surface area contributed by atoms with E-state index in [0.717, 1.165) is 17.0 Å². The number of aromatic carboxylic acids is 1. The van der Waals surface area contributed by atoms with Crippen LogP contribution in [0, 0.1) is 13.8 Å². The van der Waals surface area contributed by atoms with Gasteiger partial charge in [0.1, 0.15) is 11.4 Å². The van der Waals surface area contributed by atoms with Gasteiger partial charge in [0.05, 0.1) is 0 Å². The van der Waals surface area contributed by atoms with Gasteiger partial charge in [0.25, 0.3) is 0 Å². The van der Waals surface area contributed by atoms with E-state index in [1.165, 1.54) is 6.20 Å². The van der Waals surface area contributed by atoms with Gasteiger partial charge in [0.2, 0.25) is 0 Å². The molecule has 0 saturated carbocycles. The Labute approximate surface area is 104 Å². The van der Waals surface area contributed by atoms with Crippen molar-refractivity contribution in [3.63, 3.8) is 0 Å². The maximum atomic E-state index is 10.8. The number of pyridine rings is 1. The van der Waals surface area contributed by atoms with Gasteiger partial charge in [-0.25, -0.2) is 14.8 Å². The van der Waals surface area contributed by atoms with Gasteiger partial charge in [-0.05, 0) is 26.0 Å². The van der Waals surface area contributed by atoms with Gasteiger partial charge in [-0.2, -0.15) is 0 Å². The zero-order chi connectivity index (χ0) is 13.3. The molecule has 0 aliphatic carbocycles. The number of aryl methyl sites for hydroxylation is 2. The lowest BCUT2D eigenvalue weighted by Gasteiger charge is -2.05. The molecule has 0 spiro atoms. The fraction of sp³-hybridized carbons (Fsp3) is 0.167. The number of aromatic nitrogens is 3. The standard InChI is InChI=1S/C12H12N4O2/c1-6-3-8(4-7(2)15-6)11-14-5-9(12(17)18)10(13)16-11/h3-5H,1-2H3,(H,17,18)(H2,13,14,16). The molecule has 0 saturated heterocycles. The van der Waals surface area contributed by atoms with Gasteiger partial charge >= 0.3 is 5.97 Å². The fourth-order valence-electron chi connectivity index (χ4n) is 1.66. The number of anilines is 1. The van der Waals surface area contributed by atoms with Gasteiger partial charge in [0, 0.05) is 23.1 Å². The van der Waals surface area contributed by atoms with Crippen LogP contribution in [0.1, 0.15) is 21.7 Å². The van der Waals surface area contributed by atoms with Crippen LogP contribution in [0.15, 0.2) is 18.3 Å². The highest BCUT2D eigenvalue weighted by molar-refractivity contribution is 5.92. The Balaban J connectivity index is 2.52. The molecule has 2 aromatic heterocycles. The molecular formula is C12H12N4O2. The van der Waals surface area contributed by atoms with Crippen molar-refractivity contribution in [3.05, 3.63) is 35.3 Å². The minimum Gasteiger partial charge on any atom is -0.477 e. The predicted octanol–water partition coefficient (Wildman–Crippen LogP) is 1.44. The van der Waals surface area contributed by atoms with Crippen LogP contribution >= 0.6 is 0 Å². The molecule has 0 radical (unpaired) electrons. The number of nitrogens with zero attached hydrogens (tertiary/aromatic N) is 3. The summed E-state index contributed by atoms with van der Waals surface area (Å²) in [6.45, 7) is 3.73. The molecule has 0 aliphatic rings. The zero-order valence-electron chi connectivity index (χ0n) is 10.0. The third-order valence-corrected chi connectivity index (χ3v) is 2.39. The molecule has 0 fully saturated rings. The Morgan fingerprint density at radius 1 is 1.22 bits per heavy atom. The van der Waals surface area contributed by atoms with Gasteiger partial charge in [0.15, 0.2) is 5.82 Å². The van der Waals surface area contributed by atoms with Crippen LogP contribution in [0.3, 0.4) is 0 Å². The number of carbonyl (C=O) groups is 1. The summed E-state index contributed by atoms with van der Waals surface area (Å²) in [5.74, 6) is -0.785. The smallest absolute Gasteiger partial charge is 0.341 e. The van der Waals surface area contributed by atoms with E-state index in [9.17, 15) is 4.79 Å². The monoisotopic (exact) mass is 244 g/mol.